The second kappa shape index (κ2) is 8.41. The molecule has 0 radical (unpaired) electrons. The molecule has 3 aromatic rings. The molecule has 0 saturated heterocycles. The number of carbonyl (C=O) groups is 1. The topological polar surface area (TPSA) is 89.0 Å². The molecular weight excluding hydrogens is 401 g/mol. The Balaban J connectivity index is 1.65. The van der Waals surface area contributed by atoms with Crippen LogP contribution in [0.4, 0.5) is 9.52 Å². The maximum absolute atomic E-state index is 12.9. The van der Waals surface area contributed by atoms with Crippen LogP contribution >= 0.6 is 11.3 Å². The van der Waals surface area contributed by atoms with Gasteiger partial charge in [0.15, 0.2) is 0 Å². The molecule has 1 amide bonds. The predicted molar refractivity (Wildman–Crippen MR) is 106 cm³/mol. The Morgan fingerprint density at radius 2 is 1.79 bits per heavy atom. The van der Waals surface area contributed by atoms with Gasteiger partial charge in [0.05, 0.1) is 5.75 Å². The number of halogens is 1. The second-order valence-corrected chi connectivity index (χ2v) is 9.13. The summed E-state index contributed by atoms with van der Waals surface area (Å²) >= 11 is 0.764. The zero-order valence-electron chi connectivity index (χ0n) is 14.8. The number of nitrogens with one attached hydrogen (secondary N) is 1. The minimum atomic E-state index is -3.75. The van der Waals surface area contributed by atoms with E-state index in [0.29, 0.717) is 5.56 Å². The zero-order valence-corrected chi connectivity index (χ0v) is 16.4. The summed E-state index contributed by atoms with van der Waals surface area (Å²) in [4.78, 5) is 12.0. The van der Waals surface area contributed by atoms with Gasteiger partial charge in [-0.05, 0) is 36.3 Å². The highest BCUT2D eigenvalue weighted by Gasteiger charge is 2.21. The normalized spacial score (nSPS) is 11.6. The van der Waals surface area contributed by atoms with E-state index in [0.717, 1.165) is 22.5 Å². The Morgan fingerprint density at radius 3 is 2.46 bits per heavy atom. The van der Waals surface area contributed by atoms with Gasteiger partial charge in [0.2, 0.25) is 25.2 Å². The molecule has 9 heteroatoms. The molecule has 0 spiro atoms. The van der Waals surface area contributed by atoms with Crippen molar-refractivity contribution in [2.75, 3.05) is 5.32 Å². The fourth-order valence-electron chi connectivity index (χ4n) is 2.24. The first-order valence-corrected chi connectivity index (χ1v) is 10.7. The van der Waals surface area contributed by atoms with Gasteiger partial charge < -0.3 is 0 Å². The predicted octanol–water partition coefficient (Wildman–Crippen LogP) is 3.61. The zero-order chi connectivity index (χ0) is 20.1. The van der Waals surface area contributed by atoms with Gasteiger partial charge in [-0.2, -0.15) is 0 Å². The van der Waals surface area contributed by atoms with Gasteiger partial charge in [-0.25, -0.2) is 12.8 Å². The van der Waals surface area contributed by atoms with E-state index >= 15 is 0 Å². The van der Waals surface area contributed by atoms with E-state index in [1.54, 1.807) is 6.08 Å². The Kier molecular flexibility index (Phi) is 5.96. The summed E-state index contributed by atoms with van der Waals surface area (Å²) in [7, 11) is -3.75. The number of sulfone groups is 1. The smallest absolute Gasteiger partial charge is 0.250 e. The van der Waals surface area contributed by atoms with Crippen molar-refractivity contribution in [2.24, 2.45) is 0 Å². The van der Waals surface area contributed by atoms with Gasteiger partial charge >= 0.3 is 0 Å². The Hall–Kier alpha value is -2.91. The van der Waals surface area contributed by atoms with Crippen molar-refractivity contribution in [3.05, 3.63) is 77.1 Å². The molecule has 0 fully saturated rings. The van der Waals surface area contributed by atoms with Gasteiger partial charge in [0, 0.05) is 6.08 Å². The number of hydrogen-bond acceptors (Lipinski definition) is 6. The maximum Gasteiger partial charge on any atom is 0.250 e. The molecule has 2 aromatic carbocycles. The fourth-order valence-corrected chi connectivity index (χ4v) is 4.57. The molecule has 0 bridgehead atoms. The lowest BCUT2D eigenvalue weighted by molar-refractivity contribution is -0.111. The van der Waals surface area contributed by atoms with Crippen molar-refractivity contribution >= 4 is 38.3 Å². The van der Waals surface area contributed by atoms with Crippen molar-refractivity contribution in [2.45, 2.75) is 17.0 Å². The van der Waals surface area contributed by atoms with Crippen LogP contribution in [0.2, 0.25) is 0 Å². The van der Waals surface area contributed by atoms with E-state index in [4.69, 9.17) is 0 Å². The van der Waals surface area contributed by atoms with Crippen LogP contribution in [0, 0.1) is 12.7 Å². The first-order chi connectivity index (χ1) is 13.3. The lowest BCUT2D eigenvalue weighted by Gasteiger charge is -2.00. The summed E-state index contributed by atoms with van der Waals surface area (Å²) in [6.07, 6.45) is 2.97. The van der Waals surface area contributed by atoms with Crippen LogP contribution in [0.3, 0.4) is 0 Å². The Bertz CT molecular complexity index is 1110. The molecule has 1 N–H and O–H groups in total. The second-order valence-electron chi connectivity index (χ2n) is 5.99. The van der Waals surface area contributed by atoms with Crippen LogP contribution in [-0.2, 0) is 20.4 Å². The number of amides is 1. The Morgan fingerprint density at radius 1 is 1.11 bits per heavy atom. The highest BCUT2D eigenvalue weighted by Crippen LogP contribution is 2.23. The van der Waals surface area contributed by atoms with E-state index in [1.807, 2.05) is 31.2 Å². The summed E-state index contributed by atoms with van der Waals surface area (Å²) in [5.74, 6) is -1.22. The number of hydrogen-bond donors (Lipinski definition) is 1. The maximum atomic E-state index is 12.9. The molecule has 0 aliphatic carbocycles. The number of nitrogens with zero attached hydrogens (tertiary/aromatic N) is 2. The molecule has 0 aliphatic rings. The summed E-state index contributed by atoms with van der Waals surface area (Å²) in [6, 6.07) is 12.8. The number of aryl methyl sites for hydroxylation is 1. The molecule has 28 heavy (non-hydrogen) atoms. The van der Waals surface area contributed by atoms with Crippen LogP contribution in [-0.4, -0.2) is 24.5 Å². The van der Waals surface area contributed by atoms with Crippen LogP contribution in [0.15, 0.2) is 58.9 Å². The van der Waals surface area contributed by atoms with Crippen molar-refractivity contribution < 1.29 is 17.6 Å². The molecular formula is C19H16FN3O3S2. The van der Waals surface area contributed by atoms with E-state index in [2.05, 4.69) is 15.5 Å². The quantitative estimate of drug-likeness (QED) is 0.489. The van der Waals surface area contributed by atoms with Gasteiger partial charge in [-0.1, -0.05) is 53.3 Å². The monoisotopic (exact) mass is 417 g/mol. The first-order valence-electron chi connectivity index (χ1n) is 8.18. The highest BCUT2D eigenvalue weighted by atomic mass is 32.2. The van der Waals surface area contributed by atoms with Crippen LogP contribution in [0.1, 0.15) is 16.7 Å². The molecule has 0 aliphatic heterocycles. The summed E-state index contributed by atoms with van der Waals surface area (Å²) < 4.78 is 37.6. The number of benzene rings is 2. The molecule has 1 aromatic heterocycles. The van der Waals surface area contributed by atoms with Crippen LogP contribution in [0.25, 0.3) is 6.08 Å². The molecule has 3 rings (SSSR count). The van der Waals surface area contributed by atoms with E-state index in [9.17, 15) is 17.6 Å². The van der Waals surface area contributed by atoms with E-state index < -0.39 is 21.6 Å². The van der Waals surface area contributed by atoms with Crippen molar-refractivity contribution in [1.29, 1.82) is 0 Å². The third-order valence-corrected chi connectivity index (χ3v) is 6.65. The fraction of sp³-hybridized carbons (Fsp3) is 0.105. The molecule has 6 nitrogen and oxygen atoms in total. The largest absolute Gasteiger partial charge is 0.297 e. The molecule has 0 saturated carbocycles. The molecule has 1 heterocycles. The molecule has 144 valence electrons. The van der Waals surface area contributed by atoms with E-state index in [1.165, 1.54) is 30.3 Å². The molecule has 0 atom stereocenters. The van der Waals surface area contributed by atoms with Crippen molar-refractivity contribution in [1.82, 2.24) is 10.2 Å². The first kappa shape index (κ1) is 19.8. The third kappa shape index (κ3) is 5.30. The highest BCUT2D eigenvalue weighted by molar-refractivity contribution is 7.92. The van der Waals surface area contributed by atoms with Crippen molar-refractivity contribution in [3.63, 3.8) is 0 Å². The van der Waals surface area contributed by atoms with Crippen LogP contribution in [0.5, 0.6) is 0 Å². The number of rotatable bonds is 6. The van der Waals surface area contributed by atoms with Gasteiger partial charge in [0.25, 0.3) is 0 Å². The lowest BCUT2D eigenvalue weighted by atomic mass is 10.1. The minimum Gasteiger partial charge on any atom is -0.297 e. The SMILES string of the molecule is Cc1ccc(/C=C/C(=O)Nc2nnc(S(=O)(=O)Cc3ccc(F)cc3)s2)cc1. The number of aromatic nitrogens is 2. The minimum absolute atomic E-state index is 0.0798. The summed E-state index contributed by atoms with van der Waals surface area (Å²) in [5, 5.41) is 9.93. The van der Waals surface area contributed by atoms with Crippen molar-refractivity contribution in [3.8, 4) is 0 Å². The van der Waals surface area contributed by atoms with Crippen LogP contribution < -0.4 is 5.32 Å². The van der Waals surface area contributed by atoms with Gasteiger partial charge in [0.1, 0.15) is 5.82 Å². The third-order valence-electron chi connectivity index (χ3n) is 3.68. The lowest BCUT2D eigenvalue weighted by Crippen LogP contribution is -2.07. The number of carbonyl (C=O) groups excluding carboxylic acids is 1. The average Bonchev–Trinajstić information content (AvgIpc) is 3.12. The standard InChI is InChI=1S/C19H16FN3O3S2/c1-13-2-4-14(5-3-13)8-11-17(24)21-18-22-23-19(27-18)28(25,26)12-15-6-9-16(20)10-7-15/h2-11H,12H2,1H3,(H,21,22,24)/b11-8+. The van der Waals surface area contributed by atoms with E-state index in [-0.39, 0.29) is 15.2 Å². The number of anilines is 1. The van der Waals surface area contributed by atoms with Gasteiger partial charge in [-0.3, -0.25) is 10.1 Å². The Labute approximate surface area is 165 Å². The summed E-state index contributed by atoms with van der Waals surface area (Å²) in [5.41, 5.74) is 2.41. The average molecular weight is 417 g/mol. The van der Waals surface area contributed by atoms with Gasteiger partial charge in [-0.15, -0.1) is 10.2 Å². The summed E-state index contributed by atoms with van der Waals surface area (Å²) in [6.45, 7) is 1.97. The molecule has 0 unspecified atom stereocenters.